The molecule has 5 heteroatoms. The van der Waals surface area contributed by atoms with Gasteiger partial charge in [0.1, 0.15) is 13.2 Å². The van der Waals surface area contributed by atoms with E-state index in [1.54, 1.807) is 11.8 Å². The fourth-order valence-corrected chi connectivity index (χ4v) is 4.05. The summed E-state index contributed by atoms with van der Waals surface area (Å²) < 4.78 is 11.1. The number of amides is 1. The van der Waals surface area contributed by atoms with Gasteiger partial charge >= 0.3 is 0 Å². The Balaban J connectivity index is 1.37. The van der Waals surface area contributed by atoms with Crippen molar-refractivity contribution in [2.45, 2.75) is 23.1 Å². The lowest BCUT2D eigenvalue weighted by molar-refractivity contribution is -0.120. The van der Waals surface area contributed by atoms with Crippen LogP contribution in [0.3, 0.4) is 0 Å². The number of rotatable bonds is 3. The van der Waals surface area contributed by atoms with E-state index >= 15 is 0 Å². The van der Waals surface area contributed by atoms with Crippen LogP contribution in [0.15, 0.2) is 47.4 Å². The maximum atomic E-state index is 12.4. The van der Waals surface area contributed by atoms with Crippen molar-refractivity contribution in [1.29, 1.82) is 0 Å². The zero-order valence-corrected chi connectivity index (χ0v) is 13.4. The molecule has 1 atom stereocenters. The van der Waals surface area contributed by atoms with Crippen molar-refractivity contribution in [1.82, 2.24) is 5.32 Å². The van der Waals surface area contributed by atoms with Crippen LogP contribution in [0.25, 0.3) is 0 Å². The summed E-state index contributed by atoms with van der Waals surface area (Å²) in [4.78, 5) is 13.6. The number of carbonyl (C=O) groups excluding carboxylic acids is 1. The lowest BCUT2D eigenvalue weighted by Crippen LogP contribution is -2.32. The lowest BCUT2D eigenvalue weighted by atomic mass is 10.1. The first-order valence-corrected chi connectivity index (χ1v) is 8.58. The Hall–Kier alpha value is -2.14. The molecule has 0 bridgehead atoms. The molecule has 4 nitrogen and oxygen atoms in total. The third-order valence-electron chi connectivity index (χ3n) is 4.01. The topological polar surface area (TPSA) is 47.6 Å². The van der Waals surface area contributed by atoms with Gasteiger partial charge in [-0.3, -0.25) is 4.79 Å². The molecule has 1 unspecified atom stereocenters. The summed E-state index contributed by atoms with van der Waals surface area (Å²) in [5.74, 6) is 1.61. The minimum Gasteiger partial charge on any atom is -0.486 e. The van der Waals surface area contributed by atoms with E-state index in [-0.39, 0.29) is 11.2 Å². The number of thioether (sulfide) groups is 1. The van der Waals surface area contributed by atoms with E-state index in [4.69, 9.17) is 9.47 Å². The second kappa shape index (κ2) is 6.16. The monoisotopic (exact) mass is 327 g/mol. The molecule has 2 aliphatic rings. The smallest absolute Gasteiger partial charge is 0.234 e. The van der Waals surface area contributed by atoms with E-state index in [0.717, 1.165) is 23.5 Å². The highest BCUT2D eigenvalue weighted by molar-refractivity contribution is 8.01. The first kappa shape index (κ1) is 14.5. The third-order valence-corrected chi connectivity index (χ3v) is 5.33. The Morgan fingerprint density at radius 1 is 1.13 bits per heavy atom. The van der Waals surface area contributed by atoms with Crippen LogP contribution in [0.1, 0.15) is 11.1 Å². The van der Waals surface area contributed by atoms with Gasteiger partial charge in [-0.25, -0.2) is 0 Å². The second-order valence-electron chi connectivity index (χ2n) is 5.61. The predicted molar refractivity (Wildman–Crippen MR) is 89.1 cm³/mol. The summed E-state index contributed by atoms with van der Waals surface area (Å²) >= 11 is 1.65. The molecule has 2 aromatic carbocycles. The van der Waals surface area contributed by atoms with Crippen LogP contribution in [0, 0.1) is 0 Å². The first-order chi connectivity index (χ1) is 11.3. The van der Waals surface area contributed by atoms with E-state index < -0.39 is 0 Å². The van der Waals surface area contributed by atoms with Crippen molar-refractivity contribution in [2.75, 3.05) is 13.2 Å². The van der Waals surface area contributed by atoms with E-state index in [2.05, 4.69) is 17.4 Å². The van der Waals surface area contributed by atoms with E-state index in [9.17, 15) is 4.79 Å². The van der Waals surface area contributed by atoms with Gasteiger partial charge in [0.15, 0.2) is 11.5 Å². The van der Waals surface area contributed by atoms with Crippen molar-refractivity contribution < 1.29 is 14.3 Å². The highest BCUT2D eigenvalue weighted by Gasteiger charge is 2.27. The minimum atomic E-state index is -0.0374. The molecule has 23 heavy (non-hydrogen) atoms. The minimum absolute atomic E-state index is 0.0374. The molecule has 0 radical (unpaired) electrons. The maximum Gasteiger partial charge on any atom is 0.234 e. The van der Waals surface area contributed by atoms with Gasteiger partial charge in [0.2, 0.25) is 5.91 Å². The van der Waals surface area contributed by atoms with Crippen LogP contribution < -0.4 is 14.8 Å². The van der Waals surface area contributed by atoms with Crippen molar-refractivity contribution in [3.05, 3.63) is 53.6 Å². The van der Waals surface area contributed by atoms with Gasteiger partial charge in [-0.1, -0.05) is 24.3 Å². The molecule has 0 saturated heterocycles. The molecule has 1 N–H and O–H groups in total. The Morgan fingerprint density at radius 3 is 2.83 bits per heavy atom. The van der Waals surface area contributed by atoms with Crippen LogP contribution in [-0.4, -0.2) is 24.4 Å². The van der Waals surface area contributed by atoms with Crippen LogP contribution in [0.4, 0.5) is 0 Å². The summed E-state index contributed by atoms with van der Waals surface area (Å²) in [5.41, 5.74) is 2.28. The van der Waals surface area contributed by atoms with Gasteiger partial charge in [0.25, 0.3) is 0 Å². The van der Waals surface area contributed by atoms with Crippen LogP contribution >= 0.6 is 11.8 Å². The lowest BCUT2D eigenvalue weighted by Gasteiger charge is -2.19. The Morgan fingerprint density at radius 2 is 1.96 bits per heavy atom. The summed E-state index contributed by atoms with van der Waals surface area (Å²) in [6.45, 7) is 1.66. The Bertz CT molecular complexity index is 722. The number of carbonyl (C=O) groups is 1. The van der Waals surface area contributed by atoms with Crippen molar-refractivity contribution >= 4 is 17.7 Å². The fraction of sp³-hybridized carbons (Fsp3) is 0.278. The van der Waals surface area contributed by atoms with Crippen LogP contribution in [0.5, 0.6) is 11.5 Å². The zero-order chi connectivity index (χ0) is 15.6. The van der Waals surface area contributed by atoms with Crippen molar-refractivity contribution in [2.24, 2.45) is 0 Å². The number of hydrogen-bond acceptors (Lipinski definition) is 4. The molecule has 1 amide bonds. The van der Waals surface area contributed by atoms with Gasteiger partial charge in [-0.05, 0) is 35.7 Å². The molecule has 0 saturated carbocycles. The Kier molecular flexibility index (Phi) is 3.87. The van der Waals surface area contributed by atoms with Crippen molar-refractivity contribution in [3.8, 4) is 11.5 Å². The largest absolute Gasteiger partial charge is 0.486 e. The average Bonchev–Trinajstić information content (AvgIpc) is 3.04. The molecule has 0 aromatic heterocycles. The predicted octanol–water partition coefficient (Wildman–Crippen LogP) is 2.79. The summed E-state index contributed by atoms with van der Waals surface area (Å²) in [6.07, 6.45) is 0.799. The van der Waals surface area contributed by atoms with Gasteiger partial charge in [0.05, 0.1) is 5.25 Å². The van der Waals surface area contributed by atoms with E-state index in [1.807, 2.05) is 30.3 Å². The fourth-order valence-electron chi connectivity index (χ4n) is 2.83. The first-order valence-electron chi connectivity index (χ1n) is 7.70. The molecular weight excluding hydrogens is 310 g/mol. The number of nitrogens with one attached hydrogen (secondary N) is 1. The summed E-state index contributed by atoms with van der Waals surface area (Å²) in [6, 6.07) is 14.0. The van der Waals surface area contributed by atoms with Gasteiger partial charge in [-0.15, -0.1) is 11.8 Å². The second-order valence-corrected chi connectivity index (χ2v) is 6.86. The molecular formula is C18H17NO3S. The van der Waals surface area contributed by atoms with Gasteiger partial charge in [0, 0.05) is 11.4 Å². The van der Waals surface area contributed by atoms with E-state index in [0.29, 0.717) is 19.8 Å². The molecule has 0 spiro atoms. The third kappa shape index (κ3) is 3.01. The average molecular weight is 327 g/mol. The molecule has 2 aromatic rings. The quantitative estimate of drug-likeness (QED) is 0.942. The summed E-state index contributed by atoms with van der Waals surface area (Å²) in [7, 11) is 0. The zero-order valence-electron chi connectivity index (χ0n) is 12.6. The van der Waals surface area contributed by atoms with Crippen molar-refractivity contribution in [3.63, 3.8) is 0 Å². The molecule has 2 aliphatic heterocycles. The highest BCUT2D eigenvalue weighted by atomic mass is 32.2. The number of hydrogen-bond donors (Lipinski definition) is 1. The molecule has 2 heterocycles. The number of benzene rings is 2. The molecule has 118 valence electrons. The van der Waals surface area contributed by atoms with Crippen LogP contribution in [-0.2, 0) is 17.8 Å². The standard InChI is InChI=1S/C18H17NO3S/c20-18(17-10-13-3-1-2-4-16(13)23-17)19-11-12-5-6-14-15(9-12)22-8-7-21-14/h1-6,9,17H,7-8,10-11H2,(H,19,20). The molecule has 4 rings (SSSR count). The van der Waals surface area contributed by atoms with Crippen LogP contribution in [0.2, 0.25) is 0 Å². The SMILES string of the molecule is O=C(NCc1ccc2c(c1)OCCO2)C1Cc2ccccc2S1. The van der Waals surface area contributed by atoms with Gasteiger partial charge in [-0.2, -0.15) is 0 Å². The maximum absolute atomic E-state index is 12.4. The van der Waals surface area contributed by atoms with E-state index in [1.165, 1.54) is 10.5 Å². The molecule has 0 fully saturated rings. The number of ether oxygens (including phenoxy) is 2. The molecule has 0 aliphatic carbocycles. The summed E-state index contributed by atoms with van der Waals surface area (Å²) in [5, 5.41) is 2.99. The number of fused-ring (bicyclic) bond motifs is 2. The normalized spacial score (nSPS) is 18.3. The van der Waals surface area contributed by atoms with Gasteiger partial charge < -0.3 is 14.8 Å². The Labute approximate surface area is 139 Å². The highest BCUT2D eigenvalue weighted by Crippen LogP contribution is 2.37.